The lowest BCUT2D eigenvalue weighted by Crippen LogP contribution is -2.62. The molecule has 1 fully saturated rings. The minimum absolute atomic E-state index is 0.121. The normalized spacial score (nSPS) is 20.8. The van der Waals surface area contributed by atoms with Crippen molar-refractivity contribution in [1.82, 2.24) is 10.2 Å². The Labute approximate surface area is 203 Å². The van der Waals surface area contributed by atoms with E-state index < -0.39 is 59.4 Å². The first-order chi connectivity index (χ1) is 16.0. The molecule has 4 atom stereocenters. The Balaban J connectivity index is 2.29. The van der Waals surface area contributed by atoms with Crippen LogP contribution in [0.2, 0.25) is 0 Å². The zero-order valence-corrected chi connectivity index (χ0v) is 20.9. The lowest BCUT2D eigenvalue weighted by molar-refractivity contribution is -0.212. The Bertz CT molecular complexity index is 867. The number of benzene rings is 1. The van der Waals surface area contributed by atoms with Crippen molar-refractivity contribution in [2.24, 2.45) is 0 Å². The van der Waals surface area contributed by atoms with E-state index in [1.54, 1.807) is 20.8 Å². The summed E-state index contributed by atoms with van der Waals surface area (Å²) in [6.07, 6.45) is -3.27. The van der Waals surface area contributed by atoms with E-state index in [4.69, 9.17) is 14.2 Å². The standard InChI is InChI=1S/C24H35F3N2O6/c1-14(30)28-18(9-15-7-16(25)10-17(26)8-15)21(31)19-12-33-20(34-13-24(5,6)27)11-29(19)22(32)35-23(2,3)4/h7-8,10,18-21,31H,9,11-13H2,1-6H3,(H,28,30)/t18-,19+,20-,21-/m0/s1. The molecule has 35 heavy (non-hydrogen) atoms. The number of rotatable bonds is 8. The Morgan fingerprint density at radius 2 is 1.80 bits per heavy atom. The molecule has 0 aliphatic carbocycles. The smallest absolute Gasteiger partial charge is 0.410 e. The minimum atomic E-state index is -1.63. The maximum atomic E-state index is 13.9. The molecule has 1 aromatic rings. The van der Waals surface area contributed by atoms with Gasteiger partial charge in [-0.15, -0.1) is 0 Å². The molecule has 1 aliphatic rings. The second-order valence-electron chi connectivity index (χ2n) is 10.3. The van der Waals surface area contributed by atoms with E-state index in [2.05, 4.69) is 5.32 Å². The first kappa shape index (κ1) is 28.9. The van der Waals surface area contributed by atoms with Gasteiger partial charge >= 0.3 is 6.09 Å². The largest absolute Gasteiger partial charge is 0.444 e. The molecule has 1 heterocycles. The summed E-state index contributed by atoms with van der Waals surface area (Å²) >= 11 is 0. The van der Waals surface area contributed by atoms with Crippen molar-refractivity contribution in [3.05, 3.63) is 35.4 Å². The van der Waals surface area contributed by atoms with Crippen LogP contribution in [0.3, 0.4) is 0 Å². The molecule has 1 aromatic carbocycles. The molecule has 0 bridgehead atoms. The quantitative estimate of drug-likeness (QED) is 0.565. The second-order valence-corrected chi connectivity index (χ2v) is 10.3. The van der Waals surface area contributed by atoms with Crippen LogP contribution in [0.5, 0.6) is 0 Å². The number of nitrogens with one attached hydrogen (secondary N) is 1. The number of carbonyl (C=O) groups is 2. The Kier molecular flexibility index (Phi) is 9.55. The molecule has 0 unspecified atom stereocenters. The third-order valence-corrected chi connectivity index (χ3v) is 5.01. The van der Waals surface area contributed by atoms with Crippen LogP contribution in [0.25, 0.3) is 0 Å². The number of amides is 2. The van der Waals surface area contributed by atoms with Crippen LogP contribution >= 0.6 is 0 Å². The van der Waals surface area contributed by atoms with Gasteiger partial charge < -0.3 is 24.6 Å². The maximum Gasteiger partial charge on any atom is 0.410 e. The fourth-order valence-corrected chi connectivity index (χ4v) is 3.62. The van der Waals surface area contributed by atoms with Crippen molar-refractivity contribution in [3.63, 3.8) is 0 Å². The fraction of sp³-hybridized carbons (Fsp3) is 0.667. The zero-order chi connectivity index (χ0) is 26.6. The van der Waals surface area contributed by atoms with E-state index in [1.807, 2.05) is 0 Å². The van der Waals surface area contributed by atoms with Crippen LogP contribution in [0.4, 0.5) is 18.0 Å². The van der Waals surface area contributed by atoms with Crippen LogP contribution < -0.4 is 5.32 Å². The van der Waals surface area contributed by atoms with E-state index >= 15 is 0 Å². The van der Waals surface area contributed by atoms with Crippen molar-refractivity contribution in [2.75, 3.05) is 19.8 Å². The summed E-state index contributed by atoms with van der Waals surface area (Å²) in [5, 5.41) is 13.8. The predicted octanol–water partition coefficient (Wildman–Crippen LogP) is 3.10. The summed E-state index contributed by atoms with van der Waals surface area (Å²) in [7, 11) is 0. The van der Waals surface area contributed by atoms with E-state index in [-0.39, 0.29) is 31.7 Å². The van der Waals surface area contributed by atoms with Gasteiger partial charge in [0.05, 0.1) is 37.9 Å². The summed E-state index contributed by atoms with van der Waals surface area (Å²) in [4.78, 5) is 26.0. The van der Waals surface area contributed by atoms with Crippen LogP contribution in [0.1, 0.15) is 47.1 Å². The highest BCUT2D eigenvalue weighted by Gasteiger charge is 2.42. The highest BCUT2D eigenvalue weighted by molar-refractivity contribution is 5.73. The molecule has 0 radical (unpaired) electrons. The van der Waals surface area contributed by atoms with Gasteiger partial charge in [-0.2, -0.15) is 0 Å². The third kappa shape index (κ3) is 9.65. The molecule has 198 valence electrons. The van der Waals surface area contributed by atoms with Crippen LogP contribution in [-0.2, 0) is 25.4 Å². The van der Waals surface area contributed by atoms with Gasteiger partial charge in [-0.1, -0.05) is 0 Å². The van der Waals surface area contributed by atoms with Crippen LogP contribution in [0, 0.1) is 11.6 Å². The molecule has 2 amide bonds. The molecule has 11 heteroatoms. The van der Waals surface area contributed by atoms with Crippen molar-refractivity contribution >= 4 is 12.0 Å². The Morgan fingerprint density at radius 3 is 2.31 bits per heavy atom. The van der Waals surface area contributed by atoms with Gasteiger partial charge in [-0.25, -0.2) is 18.0 Å². The SMILES string of the molecule is CC(=O)N[C@@H](Cc1cc(F)cc(F)c1)[C@H](O)[C@H]1CO[C@@H](OCC(C)(C)F)CN1C(=O)OC(C)(C)C. The van der Waals surface area contributed by atoms with E-state index in [1.165, 1.54) is 25.7 Å². The number of hydrogen-bond donors (Lipinski definition) is 2. The number of aliphatic hydroxyl groups excluding tert-OH is 1. The number of morpholine rings is 1. The summed E-state index contributed by atoms with van der Waals surface area (Å²) in [6, 6.07) is 0.880. The molecular weight excluding hydrogens is 469 g/mol. The van der Waals surface area contributed by atoms with E-state index in [0.717, 1.165) is 12.1 Å². The molecule has 2 N–H and O–H groups in total. The highest BCUT2D eigenvalue weighted by atomic mass is 19.1. The Hall–Kier alpha value is -2.37. The van der Waals surface area contributed by atoms with Gasteiger partial charge in [0.2, 0.25) is 5.91 Å². The van der Waals surface area contributed by atoms with Crippen molar-refractivity contribution < 1.29 is 42.1 Å². The van der Waals surface area contributed by atoms with Crippen molar-refractivity contribution in [1.29, 1.82) is 0 Å². The van der Waals surface area contributed by atoms with Crippen molar-refractivity contribution in [3.8, 4) is 0 Å². The number of nitrogens with zero attached hydrogens (tertiary/aromatic N) is 1. The number of aliphatic hydroxyl groups is 1. The fourth-order valence-electron chi connectivity index (χ4n) is 3.62. The average molecular weight is 505 g/mol. The molecule has 1 aliphatic heterocycles. The van der Waals surface area contributed by atoms with Crippen LogP contribution in [-0.4, -0.2) is 77.5 Å². The zero-order valence-electron chi connectivity index (χ0n) is 20.9. The monoisotopic (exact) mass is 504 g/mol. The number of hydrogen-bond acceptors (Lipinski definition) is 6. The van der Waals surface area contributed by atoms with Gasteiger partial charge in [-0.05, 0) is 58.7 Å². The van der Waals surface area contributed by atoms with Gasteiger partial charge in [-0.3, -0.25) is 9.69 Å². The third-order valence-electron chi connectivity index (χ3n) is 5.01. The molecular formula is C24H35F3N2O6. The van der Waals surface area contributed by atoms with Crippen LogP contribution in [0.15, 0.2) is 18.2 Å². The van der Waals surface area contributed by atoms with E-state index in [0.29, 0.717) is 6.07 Å². The molecule has 0 aromatic heterocycles. The summed E-state index contributed by atoms with van der Waals surface area (Å²) in [5.74, 6) is -2.09. The lowest BCUT2D eigenvalue weighted by Gasteiger charge is -2.43. The molecule has 0 spiro atoms. The minimum Gasteiger partial charge on any atom is -0.444 e. The van der Waals surface area contributed by atoms with Gasteiger partial charge in [0.1, 0.15) is 22.9 Å². The topological polar surface area (TPSA) is 97.3 Å². The molecule has 1 saturated heterocycles. The summed E-state index contributed by atoms with van der Waals surface area (Å²) in [6.45, 7) is 8.26. The van der Waals surface area contributed by atoms with Gasteiger partial charge in [0.25, 0.3) is 0 Å². The molecule has 8 nitrogen and oxygen atoms in total. The number of ether oxygens (including phenoxy) is 3. The lowest BCUT2D eigenvalue weighted by atomic mass is 9.95. The first-order valence-electron chi connectivity index (χ1n) is 11.4. The number of alkyl halides is 1. The second kappa shape index (κ2) is 11.6. The molecule has 2 rings (SSSR count). The summed E-state index contributed by atoms with van der Waals surface area (Å²) in [5.41, 5.74) is -2.28. The first-order valence-corrected chi connectivity index (χ1v) is 11.4. The highest BCUT2D eigenvalue weighted by Crippen LogP contribution is 2.24. The van der Waals surface area contributed by atoms with E-state index in [9.17, 15) is 27.9 Å². The number of carbonyl (C=O) groups excluding carboxylic acids is 2. The molecule has 0 saturated carbocycles. The van der Waals surface area contributed by atoms with Crippen molar-refractivity contribution in [2.45, 2.75) is 83.7 Å². The Morgan fingerprint density at radius 1 is 1.20 bits per heavy atom. The number of halogens is 3. The van der Waals surface area contributed by atoms with Gasteiger partial charge in [0, 0.05) is 13.0 Å². The maximum absolute atomic E-state index is 13.9. The summed E-state index contributed by atoms with van der Waals surface area (Å²) < 4.78 is 57.9. The predicted molar refractivity (Wildman–Crippen MR) is 121 cm³/mol. The average Bonchev–Trinajstić information content (AvgIpc) is 2.68. The van der Waals surface area contributed by atoms with Gasteiger partial charge in [0.15, 0.2) is 6.29 Å².